The van der Waals surface area contributed by atoms with Crippen molar-refractivity contribution >= 4 is 63.0 Å². The lowest BCUT2D eigenvalue weighted by Crippen LogP contribution is -2.41. The quantitative estimate of drug-likeness (QED) is 0.416. The van der Waals surface area contributed by atoms with Gasteiger partial charge in [0.05, 0.1) is 34.7 Å². The highest BCUT2D eigenvalue weighted by atomic mass is 35.5. The molecule has 0 aliphatic rings. The maximum Gasteiger partial charge on any atom is 0.310 e. The largest absolute Gasteiger partial charge is 0.463 e. The summed E-state index contributed by atoms with van der Waals surface area (Å²) in [6.45, 7) is 2.03. The molecule has 6 nitrogen and oxygen atoms in total. The van der Waals surface area contributed by atoms with Crippen LogP contribution >= 0.6 is 23.2 Å². The number of para-hydroxylation sites is 2. The van der Waals surface area contributed by atoms with Crippen LogP contribution in [0.15, 0.2) is 42.5 Å². The lowest BCUT2D eigenvalue weighted by molar-refractivity contribution is -0.144. The van der Waals surface area contributed by atoms with Crippen molar-refractivity contribution in [3.8, 4) is 0 Å². The average molecular weight is 436 g/mol. The van der Waals surface area contributed by atoms with Crippen LogP contribution in [0.2, 0.25) is 10.0 Å². The number of hydrogen-bond donors (Lipinski definition) is 3. The lowest BCUT2D eigenvalue weighted by Gasteiger charge is -2.16. The lowest BCUT2D eigenvalue weighted by atomic mass is 10.1. The van der Waals surface area contributed by atoms with Gasteiger partial charge in [0, 0.05) is 5.69 Å². The Morgan fingerprint density at radius 2 is 1.79 bits per heavy atom. The van der Waals surface area contributed by atoms with Gasteiger partial charge < -0.3 is 19.7 Å². The Balaban J connectivity index is 1.97. The fourth-order valence-electron chi connectivity index (χ4n) is 2.43. The van der Waals surface area contributed by atoms with Crippen LogP contribution in [0.5, 0.6) is 0 Å². The zero-order valence-electron chi connectivity index (χ0n) is 15.3. The number of carbonyl (C=O) groups is 2. The number of carbonyl (C=O) groups excluding carboxylic acids is 2. The van der Waals surface area contributed by atoms with Crippen molar-refractivity contribution in [1.82, 2.24) is 9.62 Å². The highest BCUT2D eigenvalue weighted by Gasteiger charge is 2.14. The molecule has 0 fully saturated rings. The van der Waals surface area contributed by atoms with Gasteiger partial charge in [0.25, 0.3) is 16.5 Å². The average Bonchev–Trinajstić information content (AvgIpc) is 2.64. The molecule has 0 heterocycles. The van der Waals surface area contributed by atoms with E-state index in [9.17, 15) is 9.59 Å². The van der Waals surface area contributed by atoms with Crippen LogP contribution in [0.3, 0.4) is 0 Å². The second-order valence-corrected chi connectivity index (χ2v) is 7.31. The summed E-state index contributed by atoms with van der Waals surface area (Å²) in [6.07, 6.45) is 0.0685. The van der Waals surface area contributed by atoms with Crippen LogP contribution in [0.1, 0.15) is 12.5 Å². The van der Waals surface area contributed by atoms with Crippen LogP contribution < -0.4 is 14.9 Å². The van der Waals surface area contributed by atoms with Gasteiger partial charge in [-0.05, 0) is 30.7 Å². The third-order valence-electron chi connectivity index (χ3n) is 3.74. The molecule has 2 aromatic carbocycles. The molecule has 9 heteroatoms. The molecule has 28 heavy (non-hydrogen) atoms. The van der Waals surface area contributed by atoms with E-state index in [1.165, 1.54) is 0 Å². The molecule has 0 aliphatic heterocycles. The first-order valence-electron chi connectivity index (χ1n) is 8.58. The molecule has 0 aliphatic carbocycles. The van der Waals surface area contributed by atoms with Crippen LogP contribution in [0.25, 0.3) is 0 Å². The molecular formula is C19H20AlCl2N3O3. The number of halogens is 2. The van der Waals surface area contributed by atoms with E-state index in [0.29, 0.717) is 21.4 Å². The summed E-state index contributed by atoms with van der Waals surface area (Å²) in [4.78, 5) is 23.7. The minimum absolute atomic E-state index is 0.0685. The van der Waals surface area contributed by atoms with E-state index < -0.39 is 5.97 Å². The first-order chi connectivity index (χ1) is 13.4. The summed E-state index contributed by atoms with van der Waals surface area (Å²) in [6, 6.07) is 12.3. The third kappa shape index (κ3) is 7.01. The summed E-state index contributed by atoms with van der Waals surface area (Å²) < 4.78 is 7.96. The Bertz CT molecular complexity index is 816. The first kappa shape index (κ1) is 22.5. The zero-order chi connectivity index (χ0) is 20.5. The number of hydrogen-bond acceptors (Lipinski definition) is 5. The molecule has 1 amide bonds. The number of ether oxygens (including phenoxy) is 1. The molecule has 0 saturated heterocycles. The number of benzene rings is 2. The number of amides is 1. The van der Waals surface area contributed by atoms with Gasteiger partial charge in [0.15, 0.2) is 0 Å². The second kappa shape index (κ2) is 11.3. The Kier molecular flexibility index (Phi) is 9.10. The first-order valence-corrected chi connectivity index (χ1v) is 9.91. The minimum Gasteiger partial charge on any atom is -0.463 e. The predicted octanol–water partition coefficient (Wildman–Crippen LogP) is 3.00. The number of nitrogens with one attached hydrogen (secondary N) is 3. The van der Waals surface area contributed by atoms with Crippen molar-refractivity contribution in [3.05, 3.63) is 58.1 Å². The van der Waals surface area contributed by atoms with E-state index in [2.05, 4.69) is 31.4 Å². The summed E-state index contributed by atoms with van der Waals surface area (Å²) in [5, 5.41) is 6.87. The van der Waals surface area contributed by atoms with E-state index in [-0.39, 0.29) is 31.5 Å². The van der Waals surface area contributed by atoms with Crippen molar-refractivity contribution in [3.63, 3.8) is 0 Å². The van der Waals surface area contributed by atoms with Gasteiger partial charge in [-0.1, -0.05) is 47.5 Å². The molecule has 0 saturated carbocycles. The smallest absolute Gasteiger partial charge is 0.310 e. The standard InChI is InChI=1S/C19H20Cl2N3O3.Al/c1-12(23-17(25)10-22)11-27-18(26)9-13-5-2-3-8-16(13)24-19-14(20)6-4-7-15(19)21;/h2-8,12,22,24H,9-11H2,1H3,(H,23,25);/q-1;+1. The third-order valence-corrected chi connectivity index (χ3v) is 4.57. The molecule has 146 valence electrons. The highest BCUT2D eigenvalue weighted by molar-refractivity contribution is 6.39. The molecule has 0 spiro atoms. The predicted molar refractivity (Wildman–Crippen MR) is 112 cm³/mol. The van der Waals surface area contributed by atoms with Gasteiger partial charge >= 0.3 is 5.97 Å². The van der Waals surface area contributed by atoms with Gasteiger partial charge in [0.2, 0.25) is 5.91 Å². The highest BCUT2D eigenvalue weighted by Crippen LogP contribution is 2.33. The normalized spacial score (nSPS) is 11.5. The van der Waals surface area contributed by atoms with Crippen molar-refractivity contribution in [2.45, 2.75) is 19.4 Å². The van der Waals surface area contributed by atoms with Gasteiger partial charge in [-0.15, -0.1) is 0 Å². The molecule has 0 aromatic heterocycles. The fraction of sp³-hybridized carbons (Fsp3) is 0.263. The van der Waals surface area contributed by atoms with E-state index in [4.69, 9.17) is 27.9 Å². The maximum atomic E-state index is 12.2. The van der Waals surface area contributed by atoms with Gasteiger partial charge in [-0.25, -0.2) is 0 Å². The zero-order valence-corrected chi connectivity index (χ0v) is 18.0. The maximum absolute atomic E-state index is 12.2. The van der Waals surface area contributed by atoms with E-state index in [1.54, 1.807) is 25.1 Å². The van der Waals surface area contributed by atoms with E-state index in [1.807, 2.05) is 24.3 Å². The topological polar surface area (TPSA) is 79.5 Å². The van der Waals surface area contributed by atoms with Crippen LogP contribution in [0.4, 0.5) is 11.4 Å². The fourth-order valence-corrected chi connectivity index (χ4v) is 3.11. The van der Waals surface area contributed by atoms with Crippen molar-refractivity contribution < 1.29 is 14.3 Å². The summed E-state index contributed by atoms with van der Waals surface area (Å²) in [7, 11) is 0. The molecule has 0 bridgehead atoms. The Hall–Kier alpha value is -1.75. The van der Waals surface area contributed by atoms with Crippen LogP contribution in [-0.4, -0.2) is 47.6 Å². The van der Waals surface area contributed by atoms with Crippen molar-refractivity contribution in [2.75, 3.05) is 18.5 Å². The van der Waals surface area contributed by atoms with Gasteiger partial charge in [-0.3, -0.25) is 9.59 Å². The van der Waals surface area contributed by atoms with Gasteiger partial charge in [0.1, 0.15) is 6.61 Å². The Morgan fingerprint density at radius 1 is 1.11 bits per heavy atom. The van der Waals surface area contributed by atoms with E-state index >= 15 is 0 Å². The monoisotopic (exact) mass is 435 g/mol. The SMILES string of the molecule is CC(COC(=O)Cc1ccccc1Nc1c(Cl)cccc1Cl)NC(=O)C[NH][Al]. The molecule has 2 rings (SSSR count). The van der Waals surface area contributed by atoms with E-state index in [0.717, 1.165) is 5.56 Å². The van der Waals surface area contributed by atoms with Crippen LogP contribution in [0, 0.1) is 0 Å². The molecule has 2 radical (unpaired) electrons. The Labute approximate surface area is 182 Å². The number of rotatable bonds is 9. The summed E-state index contributed by atoms with van der Waals surface area (Å²) >= 11 is 14.7. The molecule has 1 unspecified atom stereocenters. The molecule has 2 aromatic rings. The molecular weight excluding hydrogens is 416 g/mol. The van der Waals surface area contributed by atoms with Crippen LogP contribution in [-0.2, 0) is 20.7 Å². The minimum atomic E-state index is -0.398. The van der Waals surface area contributed by atoms with Gasteiger partial charge in [-0.2, -0.15) is 0 Å². The number of esters is 1. The summed E-state index contributed by atoms with van der Waals surface area (Å²) in [5.74, 6) is -0.575. The van der Waals surface area contributed by atoms with Crippen molar-refractivity contribution in [2.24, 2.45) is 0 Å². The number of anilines is 2. The summed E-state index contributed by atoms with van der Waals surface area (Å²) in [5.41, 5.74) is 2.03. The molecule has 1 atom stereocenters. The van der Waals surface area contributed by atoms with Crippen molar-refractivity contribution in [1.29, 1.82) is 0 Å². The molecule has 3 N–H and O–H groups in total. The second-order valence-electron chi connectivity index (χ2n) is 6.09. The Morgan fingerprint density at radius 3 is 2.46 bits per heavy atom.